The quantitative estimate of drug-likeness (QED) is 0.485. The molecule has 3 N–H and O–H groups in total. The van der Waals surface area contributed by atoms with Crippen molar-refractivity contribution < 1.29 is 29.3 Å². The Kier molecular flexibility index (Phi) is 4.17. The number of methoxy groups -OCH3 is 1. The fraction of sp³-hybridized carbons (Fsp3) is 0.545. The molecular formula is C22H26N2O6. The molecule has 2 fully saturated rings. The molecule has 2 aliphatic heterocycles. The molecule has 1 amide bonds. The summed E-state index contributed by atoms with van der Waals surface area (Å²) in [5.74, 6) is -0.527. The molecule has 2 heterocycles. The minimum atomic E-state index is -1.00. The number of piperidine rings is 1. The number of esters is 1. The van der Waals surface area contributed by atoms with Gasteiger partial charge in [-0.3, -0.25) is 4.79 Å². The standard InChI is InChI=1S/C22H26N2O6/c1-24-10-9-21-18-12-3-4-14(25)19(18)30-20(21)13(7-8-22(21,28)15(24)11-12)23-16(26)5-6-17(27)29-2/h3-6,13,15,20,25,28H,7-11H2,1-2H3,(H,23,26)/b6-5+/t13-,15?,20+,21+,22-/m1/s1. The SMILES string of the molecule is COC(=O)/C=C/C(=O)N[C@@H]1CC[C@@]2(O)C3Cc4ccc(O)c5c4[C@@]2(CCN3C)[C@H]1O5. The molecule has 0 aromatic heterocycles. The summed E-state index contributed by atoms with van der Waals surface area (Å²) in [5.41, 5.74) is 0.306. The van der Waals surface area contributed by atoms with Crippen molar-refractivity contribution in [2.24, 2.45) is 0 Å². The number of hydrogen-bond acceptors (Lipinski definition) is 7. The van der Waals surface area contributed by atoms with Crippen molar-refractivity contribution in [2.75, 3.05) is 20.7 Å². The third kappa shape index (κ3) is 2.34. The third-order valence-corrected chi connectivity index (χ3v) is 7.63. The van der Waals surface area contributed by atoms with Crippen molar-refractivity contribution >= 4 is 11.9 Å². The van der Waals surface area contributed by atoms with Gasteiger partial charge >= 0.3 is 5.97 Å². The van der Waals surface area contributed by atoms with E-state index in [0.29, 0.717) is 31.4 Å². The van der Waals surface area contributed by atoms with E-state index in [4.69, 9.17) is 4.74 Å². The van der Waals surface area contributed by atoms with Crippen molar-refractivity contribution in [1.82, 2.24) is 10.2 Å². The van der Waals surface area contributed by atoms with E-state index in [1.807, 2.05) is 13.1 Å². The predicted octanol–water partition coefficient (Wildman–Crippen LogP) is 0.390. The van der Waals surface area contributed by atoms with E-state index in [1.54, 1.807) is 6.07 Å². The highest BCUT2D eigenvalue weighted by molar-refractivity contribution is 5.94. The summed E-state index contributed by atoms with van der Waals surface area (Å²) < 4.78 is 10.8. The Morgan fingerprint density at radius 2 is 2.13 bits per heavy atom. The molecule has 4 aliphatic rings. The van der Waals surface area contributed by atoms with Crippen LogP contribution in [-0.4, -0.2) is 71.5 Å². The van der Waals surface area contributed by atoms with Gasteiger partial charge in [-0.15, -0.1) is 0 Å². The minimum absolute atomic E-state index is 0.0452. The van der Waals surface area contributed by atoms with Gasteiger partial charge in [0.05, 0.1) is 24.2 Å². The van der Waals surface area contributed by atoms with E-state index in [9.17, 15) is 19.8 Å². The smallest absolute Gasteiger partial charge is 0.330 e. The molecule has 8 nitrogen and oxygen atoms in total. The first-order chi connectivity index (χ1) is 14.3. The molecular weight excluding hydrogens is 388 g/mol. The monoisotopic (exact) mass is 414 g/mol. The molecule has 1 saturated heterocycles. The average Bonchev–Trinajstić information content (AvgIpc) is 3.08. The Hall–Kier alpha value is -2.58. The second kappa shape index (κ2) is 6.46. The molecule has 5 atom stereocenters. The number of aliphatic hydroxyl groups is 1. The Bertz CT molecular complexity index is 961. The lowest BCUT2D eigenvalue weighted by atomic mass is 9.48. The van der Waals surface area contributed by atoms with Gasteiger partial charge in [0.15, 0.2) is 11.5 Å². The van der Waals surface area contributed by atoms with E-state index >= 15 is 0 Å². The van der Waals surface area contributed by atoms with Crippen molar-refractivity contribution in [1.29, 1.82) is 0 Å². The van der Waals surface area contributed by atoms with Gasteiger partial charge in [0.25, 0.3) is 0 Å². The van der Waals surface area contributed by atoms with E-state index in [0.717, 1.165) is 29.8 Å². The van der Waals surface area contributed by atoms with Gasteiger partial charge in [-0.2, -0.15) is 0 Å². The summed E-state index contributed by atoms with van der Waals surface area (Å²) in [7, 11) is 3.29. The molecule has 1 aromatic rings. The van der Waals surface area contributed by atoms with Crippen molar-refractivity contribution in [3.05, 3.63) is 35.4 Å². The lowest BCUT2D eigenvalue weighted by Gasteiger charge is -2.63. The van der Waals surface area contributed by atoms with Crippen LogP contribution in [-0.2, 0) is 26.2 Å². The Labute approximate surface area is 174 Å². The lowest BCUT2D eigenvalue weighted by molar-refractivity contribution is -0.187. The van der Waals surface area contributed by atoms with Crippen LogP contribution in [0.3, 0.4) is 0 Å². The molecule has 160 valence electrons. The van der Waals surface area contributed by atoms with Gasteiger partial charge in [-0.25, -0.2) is 4.79 Å². The fourth-order valence-electron chi connectivity index (χ4n) is 6.34. The molecule has 2 bridgehead atoms. The Balaban J connectivity index is 1.56. The van der Waals surface area contributed by atoms with Crippen LogP contribution in [0.25, 0.3) is 0 Å². The van der Waals surface area contributed by atoms with Crippen molar-refractivity contribution in [2.45, 2.75) is 54.9 Å². The molecule has 30 heavy (non-hydrogen) atoms. The van der Waals surface area contributed by atoms with Crippen LogP contribution >= 0.6 is 0 Å². The maximum atomic E-state index is 12.4. The number of phenols is 1. The van der Waals surface area contributed by atoms with Crippen molar-refractivity contribution in [3.8, 4) is 11.5 Å². The van der Waals surface area contributed by atoms with Crippen LogP contribution in [0.1, 0.15) is 30.4 Å². The van der Waals surface area contributed by atoms with Crippen LogP contribution in [0.2, 0.25) is 0 Å². The number of carbonyl (C=O) groups excluding carboxylic acids is 2. The van der Waals surface area contributed by atoms with Crippen LogP contribution in [0.4, 0.5) is 0 Å². The molecule has 1 unspecified atom stereocenters. The number of likely N-dealkylation sites (N-methyl/N-ethyl adjacent to an activating group) is 1. The first-order valence-corrected chi connectivity index (χ1v) is 10.3. The lowest BCUT2D eigenvalue weighted by Crippen LogP contribution is -2.77. The first-order valence-electron chi connectivity index (χ1n) is 10.3. The van der Waals surface area contributed by atoms with Crippen LogP contribution < -0.4 is 10.1 Å². The normalized spacial score (nSPS) is 36.2. The summed E-state index contributed by atoms with van der Waals surface area (Å²) in [6.07, 6.45) is 4.16. The fourth-order valence-corrected chi connectivity index (χ4v) is 6.34. The third-order valence-electron chi connectivity index (χ3n) is 7.63. The molecule has 8 heteroatoms. The molecule has 0 radical (unpaired) electrons. The van der Waals surface area contributed by atoms with Gasteiger partial charge in [0.1, 0.15) is 6.10 Å². The van der Waals surface area contributed by atoms with Crippen LogP contribution in [0, 0.1) is 0 Å². The van der Waals surface area contributed by atoms with Gasteiger partial charge in [0, 0.05) is 23.8 Å². The summed E-state index contributed by atoms with van der Waals surface area (Å²) >= 11 is 0. The number of nitrogens with zero attached hydrogens (tertiary/aromatic N) is 1. The number of amides is 1. The van der Waals surface area contributed by atoms with Gasteiger partial charge in [-0.1, -0.05) is 6.07 Å². The second-order valence-electron chi connectivity index (χ2n) is 8.84. The minimum Gasteiger partial charge on any atom is -0.504 e. The zero-order chi connectivity index (χ0) is 21.3. The zero-order valence-corrected chi connectivity index (χ0v) is 17.1. The maximum Gasteiger partial charge on any atom is 0.330 e. The second-order valence-corrected chi connectivity index (χ2v) is 8.84. The van der Waals surface area contributed by atoms with Gasteiger partial charge in [0.2, 0.25) is 5.91 Å². The summed E-state index contributed by atoms with van der Waals surface area (Å²) in [6.45, 7) is 0.796. The molecule has 1 spiro atoms. The largest absolute Gasteiger partial charge is 0.504 e. The number of ether oxygens (including phenoxy) is 2. The highest BCUT2D eigenvalue weighted by atomic mass is 16.5. The van der Waals surface area contributed by atoms with Crippen molar-refractivity contribution in [3.63, 3.8) is 0 Å². The van der Waals surface area contributed by atoms with Gasteiger partial charge < -0.3 is 29.9 Å². The Morgan fingerprint density at radius 3 is 2.90 bits per heavy atom. The number of hydrogen-bond donors (Lipinski definition) is 3. The summed E-state index contributed by atoms with van der Waals surface area (Å²) in [6, 6.07) is 3.17. The number of phenolic OH excluding ortho intramolecular Hbond substituents is 1. The summed E-state index contributed by atoms with van der Waals surface area (Å²) in [4.78, 5) is 26.0. The first kappa shape index (κ1) is 19.4. The zero-order valence-electron chi connectivity index (χ0n) is 17.1. The number of nitrogens with one attached hydrogen (secondary N) is 1. The molecule has 1 aromatic carbocycles. The van der Waals surface area contributed by atoms with Crippen LogP contribution in [0.5, 0.6) is 11.5 Å². The molecule has 2 aliphatic carbocycles. The number of likely N-dealkylation sites (tertiary alicyclic amines) is 1. The highest BCUT2D eigenvalue weighted by Gasteiger charge is 2.72. The molecule has 5 rings (SSSR count). The Morgan fingerprint density at radius 1 is 1.33 bits per heavy atom. The van der Waals surface area contributed by atoms with E-state index < -0.39 is 29.0 Å². The van der Waals surface area contributed by atoms with E-state index in [1.165, 1.54) is 7.11 Å². The average molecular weight is 414 g/mol. The van der Waals surface area contributed by atoms with E-state index in [-0.39, 0.29) is 17.8 Å². The number of rotatable bonds is 3. The highest BCUT2D eigenvalue weighted by Crippen LogP contribution is 2.65. The predicted molar refractivity (Wildman–Crippen MR) is 106 cm³/mol. The number of aromatic hydroxyl groups is 1. The van der Waals surface area contributed by atoms with Gasteiger partial charge in [-0.05, 0) is 50.9 Å². The maximum absolute atomic E-state index is 12.4. The van der Waals surface area contributed by atoms with E-state index in [2.05, 4.69) is 15.0 Å². The molecule has 1 saturated carbocycles. The number of carbonyl (C=O) groups is 2. The summed E-state index contributed by atoms with van der Waals surface area (Å²) in [5, 5.41) is 25.5. The topological polar surface area (TPSA) is 108 Å². The van der Waals surface area contributed by atoms with Crippen LogP contribution in [0.15, 0.2) is 24.3 Å². The number of benzene rings is 1.